The quantitative estimate of drug-likeness (QED) is 0.381. The normalized spacial score (nSPS) is 11.6. The smallest absolute Gasteiger partial charge is 0.212 e. The lowest BCUT2D eigenvalue weighted by atomic mass is 10.1. The molecule has 0 saturated carbocycles. The maximum atomic E-state index is 8.79. The molecule has 0 aliphatic heterocycles. The number of benzene rings is 1. The standard InChI is InChI=1S/C11H13N5OS/c1-7-13-14-11(18-7)16(2)9-6-4-3-5-8(9)10(12)15-17/h3-6,17H,1-2H3,(H2,12,15). The lowest BCUT2D eigenvalue weighted by Gasteiger charge is -2.18. The zero-order valence-corrected chi connectivity index (χ0v) is 10.8. The molecule has 0 aliphatic rings. The van der Waals surface area contributed by atoms with Crippen LogP contribution in [0.25, 0.3) is 0 Å². The molecule has 3 N–H and O–H groups in total. The van der Waals surface area contributed by atoms with Gasteiger partial charge in [-0.15, -0.1) is 10.2 Å². The van der Waals surface area contributed by atoms with Crippen molar-refractivity contribution >= 4 is 28.0 Å². The van der Waals surface area contributed by atoms with Crippen molar-refractivity contribution < 1.29 is 5.21 Å². The maximum Gasteiger partial charge on any atom is 0.212 e. The van der Waals surface area contributed by atoms with Crippen LogP contribution in [-0.2, 0) is 0 Å². The summed E-state index contributed by atoms with van der Waals surface area (Å²) >= 11 is 1.48. The summed E-state index contributed by atoms with van der Waals surface area (Å²) in [5.74, 6) is 0.0682. The average Bonchev–Trinajstić information content (AvgIpc) is 2.83. The van der Waals surface area contributed by atoms with Gasteiger partial charge in [-0.05, 0) is 19.1 Å². The van der Waals surface area contributed by atoms with Crippen LogP contribution in [0.2, 0.25) is 0 Å². The molecule has 0 saturated heterocycles. The Kier molecular flexibility index (Phi) is 3.42. The highest BCUT2D eigenvalue weighted by Crippen LogP contribution is 2.28. The molecule has 0 amide bonds. The second kappa shape index (κ2) is 5.01. The molecule has 1 heterocycles. The number of aryl methyl sites for hydroxylation is 1. The fourth-order valence-corrected chi connectivity index (χ4v) is 2.22. The van der Waals surface area contributed by atoms with Crippen molar-refractivity contribution in [1.82, 2.24) is 10.2 Å². The number of hydrogen-bond acceptors (Lipinski definition) is 6. The predicted molar refractivity (Wildman–Crippen MR) is 71.7 cm³/mol. The summed E-state index contributed by atoms with van der Waals surface area (Å²) in [7, 11) is 1.86. The molecular weight excluding hydrogens is 250 g/mol. The van der Waals surface area contributed by atoms with Crippen LogP contribution in [0.3, 0.4) is 0 Å². The first-order valence-corrected chi connectivity index (χ1v) is 6.06. The van der Waals surface area contributed by atoms with Gasteiger partial charge in [0.2, 0.25) is 5.13 Å². The summed E-state index contributed by atoms with van der Waals surface area (Å²) in [6.07, 6.45) is 0. The van der Waals surface area contributed by atoms with Crippen LogP contribution >= 0.6 is 11.3 Å². The third-order valence-corrected chi connectivity index (χ3v) is 3.37. The van der Waals surface area contributed by atoms with Crippen LogP contribution in [0.4, 0.5) is 10.8 Å². The number of anilines is 2. The third kappa shape index (κ3) is 2.25. The fourth-order valence-electron chi connectivity index (χ4n) is 1.56. The third-order valence-electron chi connectivity index (χ3n) is 2.45. The second-order valence-corrected chi connectivity index (χ2v) is 4.83. The Bertz CT molecular complexity index is 580. The van der Waals surface area contributed by atoms with Crippen molar-refractivity contribution in [3.8, 4) is 0 Å². The molecular formula is C11H13N5OS. The van der Waals surface area contributed by atoms with Crippen LogP contribution in [0, 0.1) is 6.92 Å². The fraction of sp³-hybridized carbons (Fsp3) is 0.182. The first-order valence-electron chi connectivity index (χ1n) is 5.24. The first-order chi connectivity index (χ1) is 8.63. The van der Waals surface area contributed by atoms with Crippen LogP contribution in [0.5, 0.6) is 0 Å². The van der Waals surface area contributed by atoms with Crippen molar-refractivity contribution in [2.45, 2.75) is 6.92 Å². The van der Waals surface area contributed by atoms with Crippen LogP contribution in [-0.4, -0.2) is 28.3 Å². The number of nitrogens with zero attached hydrogens (tertiary/aromatic N) is 4. The minimum Gasteiger partial charge on any atom is -0.409 e. The van der Waals surface area contributed by atoms with Crippen molar-refractivity contribution in [2.75, 3.05) is 11.9 Å². The van der Waals surface area contributed by atoms with E-state index >= 15 is 0 Å². The molecule has 2 rings (SSSR count). The highest BCUT2D eigenvalue weighted by Gasteiger charge is 2.14. The Hall–Kier alpha value is -2.15. The molecule has 0 spiro atoms. The lowest BCUT2D eigenvalue weighted by molar-refractivity contribution is 0.318. The van der Waals surface area contributed by atoms with E-state index in [0.717, 1.165) is 15.8 Å². The molecule has 0 bridgehead atoms. The van der Waals surface area contributed by atoms with Gasteiger partial charge in [-0.2, -0.15) is 0 Å². The number of hydrogen-bond donors (Lipinski definition) is 2. The molecule has 7 heteroatoms. The van der Waals surface area contributed by atoms with E-state index < -0.39 is 0 Å². The van der Waals surface area contributed by atoms with E-state index in [9.17, 15) is 0 Å². The van der Waals surface area contributed by atoms with Gasteiger partial charge in [-0.25, -0.2) is 0 Å². The molecule has 1 aromatic carbocycles. The number of aromatic nitrogens is 2. The number of amidine groups is 1. The van der Waals surface area contributed by atoms with Gasteiger partial charge in [-0.1, -0.05) is 28.6 Å². The van der Waals surface area contributed by atoms with Gasteiger partial charge in [0.15, 0.2) is 5.84 Å². The largest absolute Gasteiger partial charge is 0.409 e. The van der Waals surface area contributed by atoms with Crippen molar-refractivity contribution in [1.29, 1.82) is 0 Å². The van der Waals surface area contributed by atoms with Crippen molar-refractivity contribution in [3.63, 3.8) is 0 Å². The summed E-state index contributed by atoms with van der Waals surface area (Å²) < 4.78 is 0. The molecule has 1 aromatic heterocycles. The highest BCUT2D eigenvalue weighted by molar-refractivity contribution is 7.15. The summed E-state index contributed by atoms with van der Waals surface area (Å²) in [6, 6.07) is 7.38. The van der Waals surface area contributed by atoms with E-state index in [2.05, 4.69) is 15.4 Å². The number of rotatable bonds is 3. The van der Waals surface area contributed by atoms with E-state index in [1.165, 1.54) is 11.3 Å². The van der Waals surface area contributed by atoms with Gasteiger partial charge in [0.05, 0.1) is 5.69 Å². The number of para-hydroxylation sites is 1. The van der Waals surface area contributed by atoms with Gasteiger partial charge >= 0.3 is 0 Å². The predicted octanol–water partition coefficient (Wildman–Crippen LogP) is 1.71. The Morgan fingerprint density at radius 3 is 2.72 bits per heavy atom. The topological polar surface area (TPSA) is 87.6 Å². The van der Waals surface area contributed by atoms with Crippen molar-refractivity contribution in [2.24, 2.45) is 10.9 Å². The van der Waals surface area contributed by atoms with Crippen LogP contribution < -0.4 is 10.6 Å². The van der Waals surface area contributed by atoms with Gasteiger partial charge in [0.1, 0.15) is 5.01 Å². The SMILES string of the molecule is Cc1nnc(N(C)c2ccccc2C(N)=NO)s1. The molecule has 0 aliphatic carbocycles. The summed E-state index contributed by atoms with van der Waals surface area (Å²) in [5.41, 5.74) is 7.11. The lowest BCUT2D eigenvalue weighted by Crippen LogP contribution is -2.19. The Labute approximate surface area is 108 Å². The molecule has 18 heavy (non-hydrogen) atoms. The van der Waals surface area contributed by atoms with E-state index in [1.54, 1.807) is 6.07 Å². The maximum absolute atomic E-state index is 8.79. The molecule has 0 fully saturated rings. The molecule has 2 aromatic rings. The van der Waals surface area contributed by atoms with E-state index in [1.807, 2.05) is 37.1 Å². The number of oxime groups is 1. The number of nitrogens with two attached hydrogens (primary N) is 1. The Morgan fingerprint density at radius 2 is 2.11 bits per heavy atom. The molecule has 0 atom stereocenters. The van der Waals surface area contributed by atoms with Crippen LogP contribution in [0.15, 0.2) is 29.4 Å². The van der Waals surface area contributed by atoms with Crippen molar-refractivity contribution in [3.05, 3.63) is 34.8 Å². The van der Waals surface area contributed by atoms with E-state index in [0.29, 0.717) is 5.56 Å². The van der Waals surface area contributed by atoms with Gasteiger partial charge < -0.3 is 15.8 Å². The summed E-state index contributed by atoms with van der Waals surface area (Å²) in [4.78, 5) is 1.86. The molecule has 0 radical (unpaired) electrons. The minimum absolute atomic E-state index is 0.0682. The second-order valence-electron chi connectivity index (χ2n) is 3.67. The minimum atomic E-state index is 0.0682. The summed E-state index contributed by atoms with van der Waals surface area (Å²) in [5, 5.41) is 21.5. The van der Waals surface area contributed by atoms with E-state index in [4.69, 9.17) is 10.9 Å². The van der Waals surface area contributed by atoms with Gasteiger partial charge in [0, 0.05) is 12.6 Å². The molecule has 94 valence electrons. The molecule has 0 unspecified atom stereocenters. The molecule has 6 nitrogen and oxygen atoms in total. The Balaban J connectivity index is 2.45. The van der Waals surface area contributed by atoms with Gasteiger partial charge in [-0.3, -0.25) is 0 Å². The zero-order chi connectivity index (χ0) is 13.1. The van der Waals surface area contributed by atoms with E-state index in [-0.39, 0.29) is 5.84 Å². The summed E-state index contributed by atoms with van der Waals surface area (Å²) in [6.45, 7) is 1.89. The monoisotopic (exact) mass is 263 g/mol. The van der Waals surface area contributed by atoms with Crippen LogP contribution in [0.1, 0.15) is 10.6 Å². The van der Waals surface area contributed by atoms with Gasteiger partial charge in [0.25, 0.3) is 0 Å². The highest BCUT2D eigenvalue weighted by atomic mass is 32.1. The average molecular weight is 263 g/mol. The zero-order valence-electron chi connectivity index (χ0n) is 10.0. The Morgan fingerprint density at radius 1 is 1.39 bits per heavy atom. The first kappa shape index (κ1) is 12.3.